The van der Waals surface area contributed by atoms with E-state index in [9.17, 15) is 0 Å². The van der Waals surface area contributed by atoms with Crippen molar-refractivity contribution in [2.45, 2.75) is 39.3 Å². The predicted octanol–water partition coefficient (Wildman–Crippen LogP) is 1.39. The van der Waals surface area contributed by atoms with Crippen molar-refractivity contribution in [1.29, 1.82) is 0 Å². The highest BCUT2D eigenvalue weighted by Gasteiger charge is 2.31. The Labute approximate surface area is 69.1 Å². The summed E-state index contributed by atoms with van der Waals surface area (Å²) in [5, 5.41) is 0. The van der Waals surface area contributed by atoms with Crippen LogP contribution < -0.4 is 5.73 Å². The molecule has 2 N–H and O–H groups in total. The van der Waals surface area contributed by atoms with Crippen LogP contribution in [-0.4, -0.2) is 18.8 Å². The summed E-state index contributed by atoms with van der Waals surface area (Å²) >= 11 is 0. The molecule has 11 heavy (non-hydrogen) atoms. The van der Waals surface area contributed by atoms with E-state index in [4.69, 9.17) is 10.5 Å². The summed E-state index contributed by atoms with van der Waals surface area (Å²) in [6, 6.07) is 0.215. The van der Waals surface area contributed by atoms with Crippen LogP contribution >= 0.6 is 0 Å². The Hall–Kier alpha value is -0.0800. The molecular weight excluding hydrogens is 138 g/mol. The van der Waals surface area contributed by atoms with Gasteiger partial charge in [0.2, 0.25) is 0 Å². The van der Waals surface area contributed by atoms with Crippen molar-refractivity contribution in [2.24, 2.45) is 17.6 Å². The summed E-state index contributed by atoms with van der Waals surface area (Å²) in [6.07, 6.45) is 1.47. The molecule has 2 nitrogen and oxygen atoms in total. The van der Waals surface area contributed by atoms with Crippen LogP contribution in [0.15, 0.2) is 0 Å². The lowest BCUT2D eigenvalue weighted by Crippen LogP contribution is -2.41. The lowest BCUT2D eigenvalue weighted by molar-refractivity contribution is 0.0596. The van der Waals surface area contributed by atoms with Crippen molar-refractivity contribution in [3.63, 3.8) is 0 Å². The summed E-state index contributed by atoms with van der Waals surface area (Å²) in [7, 11) is 0. The first-order chi connectivity index (χ1) is 5.13. The Morgan fingerprint density at radius 1 is 1.45 bits per heavy atom. The molecule has 0 spiro atoms. The van der Waals surface area contributed by atoms with Gasteiger partial charge in [-0.25, -0.2) is 0 Å². The molecule has 2 heteroatoms. The Balaban J connectivity index is 2.45. The van der Waals surface area contributed by atoms with E-state index in [-0.39, 0.29) is 6.04 Å². The highest BCUT2D eigenvalue weighted by Crippen LogP contribution is 2.24. The van der Waals surface area contributed by atoms with Crippen LogP contribution in [0, 0.1) is 11.8 Å². The van der Waals surface area contributed by atoms with E-state index in [2.05, 4.69) is 20.8 Å². The van der Waals surface area contributed by atoms with Crippen molar-refractivity contribution in [2.75, 3.05) is 6.61 Å². The van der Waals surface area contributed by atoms with Crippen LogP contribution in [0.1, 0.15) is 27.2 Å². The van der Waals surface area contributed by atoms with Gasteiger partial charge in [0.05, 0.1) is 6.10 Å². The maximum atomic E-state index is 5.99. The third kappa shape index (κ3) is 1.94. The zero-order valence-corrected chi connectivity index (χ0v) is 7.71. The van der Waals surface area contributed by atoms with Gasteiger partial charge in [0.15, 0.2) is 0 Å². The van der Waals surface area contributed by atoms with E-state index in [0.717, 1.165) is 6.61 Å². The highest BCUT2D eigenvalue weighted by molar-refractivity contribution is 4.84. The average Bonchev–Trinajstić information content (AvgIpc) is 2.33. The average molecular weight is 157 g/mol. The van der Waals surface area contributed by atoms with E-state index in [1.807, 2.05) is 0 Å². The predicted molar refractivity (Wildman–Crippen MR) is 46.3 cm³/mol. The molecule has 3 unspecified atom stereocenters. The molecule has 0 saturated carbocycles. The van der Waals surface area contributed by atoms with E-state index < -0.39 is 0 Å². The van der Waals surface area contributed by atoms with Crippen molar-refractivity contribution < 1.29 is 4.74 Å². The van der Waals surface area contributed by atoms with Gasteiger partial charge in [-0.15, -0.1) is 0 Å². The van der Waals surface area contributed by atoms with Crippen molar-refractivity contribution in [3.8, 4) is 0 Å². The monoisotopic (exact) mass is 157 g/mol. The Bertz CT molecular complexity index is 125. The van der Waals surface area contributed by atoms with Gasteiger partial charge in [0.25, 0.3) is 0 Å². The number of ether oxygens (including phenoxy) is 1. The summed E-state index contributed by atoms with van der Waals surface area (Å²) in [5.41, 5.74) is 5.99. The number of hydrogen-bond donors (Lipinski definition) is 1. The fraction of sp³-hybridized carbons (Fsp3) is 1.00. The number of nitrogens with two attached hydrogens (primary N) is 1. The van der Waals surface area contributed by atoms with Gasteiger partial charge in [-0.3, -0.25) is 0 Å². The van der Waals surface area contributed by atoms with Crippen LogP contribution in [0.3, 0.4) is 0 Å². The molecule has 1 aliphatic rings. The first-order valence-corrected chi connectivity index (χ1v) is 4.50. The molecular formula is C9H19NO. The molecule has 0 aliphatic carbocycles. The molecule has 1 rings (SSSR count). The maximum absolute atomic E-state index is 5.99. The van der Waals surface area contributed by atoms with Crippen LogP contribution in [0.25, 0.3) is 0 Å². The van der Waals surface area contributed by atoms with Crippen molar-refractivity contribution in [3.05, 3.63) is 0 Å². The minimum absolute atomic E-state index is 0.215. The summed E-state index contributed by atoms with van der Waals surface area (Å²) < 4.78 is 5.56. The molecule has 0 amide bonds. The molecule has 1 saturated heterocycles. The normalized spacial score (nSPS) is 34.6. The molecule has 1 heterocycles. The topological polar surface area (TPSA) is 35.2 Å². The minimum Gasteiger partial charge on any atom is -0.376 e. The third-order valence-corrected chi connectivity index (χ3v) is 2.59. The Morgan fingerprint density at radius 3 is 2.45 bits per heavy atom. The van der Waals surface area contributed by atoms with Gasteiger partial charge in [-0.2, -0.15) is 0 Å². The molecule has 0 radical (unpaired) electrons. The zero-order chi connectivity index (χ0) is 8.43. The van der Waals surface area contributed by atoms with Crippen LogP contribution in [0.5, 0.6) is 0 Å². The number of hydrogen-bond acceptors (Lipinski definition) is 2. The van der Waals surface area contributed by atoms with Crippen molar-refractivity contribution in [1.82, 2.24) is 0 Å². The molecule has 0 aromatic carbocycles. The minimum atomic E-state index is 0.215. The van der Waals surface area contributed by atoms with Gasteiger partial charge in [-0.05, 0) is 18.3 Å². The van der Waals surface area contributed by atoms with E-state index in [0.29, 0.717) is 17.9 Å². The quantitative estimate of drug-likeness (QED) is 0.657. The highest BCUT2D eigenvalue weighted by atomic mass is 16.5. The second kappa shape index (κ2) is 3.55. The smallest absolute Gasteiger partial charge is 0.0754 e. The van der Waals surface area contributed by atoms with Crippen LogP contribution in [0.4, 0.5) is 0 Å². The van der Waals surface area contributed by atoms with Crippen LogP contribution in [0.2, 0.25) is 0 Å². The van der Waals surface area contributed by atoms with Crippen molar-refractivity contribution >= 4 is 0 Å². The molecule has 0 aromatic heterocycles. The van der Waals surface area contributed by atoms with Gasteiger partial charge in [0.1, 0.15) is 0 Å². The summed E-state index contributed by atoms with van der Waals surface area (Å²) in [5.74, 6) is 1.17. The van der Waals surface area contributed by atoms with E-state index in [1.54, 1.807) is 0 Å². The van der Waals surface area contributed by atoms with E-state index in [1.165, 1.54) is 6.42 Å². The standard InChI is InChI=1S/C9H19NO/c1-6(2)8(10)9-7(3)4-5-11-9/h6-9H,4-5,10H2,1-3H3. The molecule has 0 bridgehead atoms. The summed E-state index contributed by atoms with van der Waals surface area (Å²) in [6.45, 7) is 7.42. The van der Waals surface area contributed by atoms with Gasteiger partial charge >= 0.3 is 0 Å². The Kier molecular flexibility index (Phi) is 2.90. The fourth-order valence-corrected chi connectivity index (χ4v) is 1.59. The lowest BCUT2D eigenvalue weighted by atomic mass is 9.91. The maximum Gasteiger partial charge on any atom is 0.0754 e. The van der Waals surface area contributed by atoms with Gasteiger partial charge < -0.3 is 10.5 Å². The lowest BCUT2D eigenvalue weighted by Gasteiger charge is -2.25. The molecule has 3 atom stereocenters. The Morgan fingerprint density at radius 2 is 2.09 bits per heavy atom. The first kappa shape index (κ1) is 9.01. The largest absolute Gasteiger partial charge is 0.376 e. The molecule has 1 aliphatic heterocycles. The first-order valence-electron chi connectivity index (χ1n) is 4.50. The fourth-order valence-electron chi connectivity index (χ4n) is 1.59. The SMILES string of the molecule is CC(C)C(N)C1OCCC1C. The molecule has 0 aromatic rings. The second-order valence-corrected chi connectivity index (χ2v) is 3.92. The van der Waals surface area contributed by atoms with Gasteiger partial charge in [-0.1, -0.05) is 20.8 Å². The summed E-state index contributed by atoms with van der Waals surface area (Å²) in [4.78, 5) is 0. The second-order valence-electron chi connectivity index (χ2n) is 3.92. The van der Waals surface area contributed by atoms with E-state index >= 15 is 0 Å². The third-order valence-electron chi connectivity index (χ3n) is 2.59. The van der Waals surface area contributed by atoms with Gasteiger partial charge in [0, 0.05) is 12.6 Å². The molecule has 1 fully saturated rings. The zero-order valence-electron chi connectivity index (χ0n) is 7.71. The number of rotatable bonds is 2. The molecule has 66 valence electrons. The van der Waals surface area contributed by atoms with Crippen LogP contribution in [-0.2, 0) is 4.74 Å².